The van der Waals surface area contributed by atoms with Gasteiger partial charge in [-0.25, -0.2) is 4.79 Å². The molecule has 0 radical (unpaired) electrons. The smallest absolute Gasteiger partial charge is 0.343 e. The fraction of sp³-hybridized carbons (Fsp3) is 0.385. The summed E-state index contributed by atoms with van der Waals surface area (Å²) in [7, 11) is 0. The third-order valence-electron chi connectivity index (χ3n) is 7.51. The van der Waals surface area contributed by atoms with Gasteiger partial charge in [-0.2, -0.15) is 0 Å². The van der Waals surface area contributed by atoms with Gasteiger partial charge >= 0.3 is 5.97 Å². The number of hydrogen-bond acceptors (Lipinski definition) is 3. The Bertz CT molecular complexity index is 1070. The molecule has 4 aliphatic carbocycles. The van der Waals surface area contributed by atoms with E-state index in [1.165, 1.54) is 38.5 Å². The third-order valence-corrected chi connectivity index (χ3v) is 7.51. The number of pyridine rings is 1. The lowest BCUT2D eigenvalue weighted by Gasteiger charge is -2.56. The minimum Gasteiger partial charge on any atom is -0.423 e. The largest absolute Gasteiger partial charge is 0.423 e. The predicted octanol–water partition coefficient (Wildman–Crippen LogP) is 5.92. The van der Waals surface area contributed by atoms with Gasteiger partial charge in [-0.3, -0.25) is 4.98 Å². The summed E-state index contributed by atoms with van der Waals surface area (Å²) in [5.74, 6) is 2.86. The van der Waals surface area contributed by atoms with Crippen molar-refractivity contribution in [3.8, 4) is 5.75 Å². The summed E-state index contributed by atoms with van der Waals surface area (Å²) >= 11 is 0. The van der Waals surface area contributed by atoms with Gasteiger partial charge in [-0.15, -0.1) is 0 Å². The van der Waals surface area contributed by atoms with Crippen molar-refractivity contribution in [3.05, 3.63) is 72.1 Å². The Morgan fingerprint density at radius 3 is 2.28 bits per heavy atom. The van der Waals surface area contributed by atoms with Crippen molar-refractivity contribution in [3.63, 3.8) is 0 Å². The van der Waals surface area contributed by atoms with Crippen LogP contribution in [0.3, 0.4) is 0 Å². The van der Waals surface area contributed by atoms with E-state index < -0.39 is 0 Å². The summed E-state index contributed by atoms with van der Waals surface area (Å²) in [6.45, 7) is 0. The number of esters is 1. The van der Waals surface area contributed by atoms with E-state index in [0.29, 0.717) is 11.3 Å². The van der Waals surface area contributed by atoms with Gasteiger partial charge in [0.15, 0.2) is 0 Å². The normalized spacial score (nSPS) is 29.9. The number of aromatic nitrogens is 1. The standard InChI is InChI=1S/C26H25NO2/c28-25(29-23-6-5-20-3-1-2-4-21(20)12-23)22-7-8-27-24(13-22)26-14-17-9-18(15-26)11-19(10-17)16-26/h1-8,12-13,17-19H,9-11,14-16H2. The van der Waals surface area contributed by atoms with Gasteiger partial charge in [0.25, 0.3) is 0 Å². The van der Waals surface area contributed by atoms with Crippen LogP contribution in [0.2, 0.25) is 0 Å². The highest BCUT2D eigenvalue weighted by Gasteiger charge is 2.52. The number of ether oxygens (including phenoxy) is 1. The zero-order chi connectivity index (χ0) is 19.4. The van der Waals surface area contributed by atoms with Gasteiger partial charge in [0.05, 0.1) is 5.56 Å². The number of nitrogens with zero attached hydrogens (tertiary/aromatic N) is 1. The molecular formula is C26H25NO2. The van der Waals surface area contributed by atoms with Crippen molar-refractivity contribution in [2.75, 3.05) is 0 Å². The average Bonchev–Trinajstić information content (AvgIpc) is 2.73. The summed E-state index contributed by atoms with van der Waals surface area (Å²) in [4.78, 5) is 17.6. The minimum absolute atomic E-state index is 0.188. The number of hydrogen-bond donors (Lipinski definition) is 0. The SMILES string of the molecule is O=C(Oc1ccc2ccccc2c1)c1ccnc(C23CC4CC(CC(C4)C2)C3)c1. The van der Waals surface area contributed by atoms with Crippen molar-refractivity contribution in [2.45, 2.75) is 43.9 Å². The van der Waals surface area contributed by atoms with E-state index >= 15 is 0 Å². The van der Waals surface area contributed by atoms with E-state index in [9.17, 15) is 4.79 Å². The topological polar surface area (TPSA) is 39.2 Å². The van der Waals surface area contributed by atoms with Crippen molar-refractivity contribution in [1.82, 2.24) is 4.98 Å². The van der Waals surface area contributed by atoms with Crippen LogP contribution in [0.25, 0.3) is 10.8 Å². The molecule has 4 aliphatic rings. The van der Waals surface area contributed by atoms with Crippen LogP contribution in [-0.4, -0.2) is 11.0 Å². The molecule has 2 aromatic carbocycles. The molecule has 0 saturated heterocycles. The molecule has 7 rings (SSSR count). The van der Waals surface area contributed by atoms with Gasteiger partial charge < -0.3 is 4.74 Å². The van der Waals surface area contributed by atoms with Gasteiger partial charge in [-0.1, -0.05) is 30.3 Å². The molecule has 1 heterocycles. The van der Waals surface area contributed by atoms with Crippen molar-refractivity contribution in [2.24, 2.45) is 17.8 Å². The highest BCUT2D eigenvalue weighted by Crippen LogP contribution is 2.60. The molecule has 4 bridgehead atoms. The third kappa shape index (κ3) is 2.95. The maximum absolute atomic E-state index is 12.9. The highest BCUT2D eigenvalue weighted by molar-refractivity contribution is 5.92. The first kappa shape index (κ1) is 17.2. The van der Waals surface area contributed by atoms with Crippen LogP contribution in [0.15, 0.2) is 60.8 Å². The molecule has 3 heteroatoms. The maximum atomic E-state index is 12.9. The Balaban J connectivity index is 1.27. The van der Waals surface area contributed by atoms with Crippen LogP contribution >= 0.6 is 0 Å². The molecule has 1 aromatic heterocycles. The van der Waals surface area contributed by atoms with Crippen LogP contribution in [0.5, 0.6) is 5.75 Å². The molecule has 146 valence electrons. The van der Waals surface area contributed by atoms with E-state index in [-0.39, 0.29) is 11.4 Å². The van der Waals surface area contributed by atoms with Crippen molar-refractivity contribution in [1.29, 1.82) is 0 Å². The Labute approximate surface area is 171 Å². The molecule has 0 spiro atoms. The summed E-state index contributed by atoms with van der Waals surface area (Å²) in [5.41, 5.74) is 1.91. The van der Waals surface area contributed by atoms with Gasteiger partial charge in [0.1, 0.15) is 5.75 Å². The Morgan fingerprint density at radius 1 is 0.862 bits per heavy atom. The van der Waals surface area contributed by atoms with Crippen LogP contribution in [-0.2, 0) is 5.41 Å². The molecule has 3 aromatic rings. The van der Waals surface area contributed by atoms with E-state index in [1.54, 1.807) is 12.3 Å². The highest BCUT2D eigenvalue weighted by atomic mass is 16.5. The van der Waals surface area contributed by atoms with E-state index in [4.69, 9.17) is 9.72 Å². The van der Waals surface area contributed by atoms with Gasteiger partial charge in [0, 0.05) is 17.3 Å². The Hall–Kier alpha value is -2.68. The number of rotatable bonds is 3. The van der Waals surface area contributed by atoms with Crippen LogP contribution in [0.1, 0.15) is 54.6 Å². The molecule has 0 N–H and O–H groups in total. The van der Waals surface area contributed by atoms with Gasteiger partial charge in [0.2, 0.25) is 0 Å². The Morgan fingerprint density at radius 2 is 1.55 bits per heavy atom. The molecule has 29 heavy (non-hydrogen) atoms. The molecule has 0 atom stereocenters. The molecule has 0 aliphatic heterocycles. The second kappa shape index (κ2) is 6.41. The zero-order valence-electron chi connectivity index (χ0n) is 16.5. The van der Waals surface area contributed by atoms with E-state index in [0.717, 1.165) is 34.2 Å². The molecule has 3 nitrogen and oxygen atoms in total. The first-order chi connectivity index (χ1) is 14.2. The lowest BCUT2D eigenvalue weighted by Crippen LogP contribution is -2.49. The second-order valence-corrected chi connectivity index (χ2v) is 9.53. The summed E-state index contributed by atoms with van der Waals surface area (Å²) in [5, 5.41) is 2.21. The molecule has 0 unspecified atom stereocenters. The van der Waals surface area contributed by atoms with Crippen LogP contribution in [0, 0.1) is 17.8 Å². The number of benzene rings is 2. The average molecular weight is 383 g/mol. The zero-order valence-corrected chi connectivity index (χ0v) is 16.5. The summed E-state index contributed by atoms with van der Waals surface area (Å²) in [6, 6.07) is 17.7. The molecular weight excluding hydrogens is 358 g/mol. The summed E-state index contributed by atoms with van der Waals surface area (Å²) < 4.78 is 5.72. The Kier molecular flexibility index (Phi) is 3.80. The molecule has 4 saturated carbocycles. The van der Waals surface area contributed by atoms with Crippen LogP contribution < -0.4 is 4.74 Å². The lowest BCUT2D eigenvalue weighted by molar-refractivity contribution is -0.00723. The lowest BCUT2D eigenvalue weighted by atomic mass is 9.48. The number of fused-ring (bicyclic) bond motifs is 1. The molecule has 4 fully saturated rings. The fourth-order valence-electron chi connectivity index (χ4n) is 6.67. The number of carbonyl (C=O) groups is 1. The van der Waals surface area contributed by atoms with E-state index in [1.807, 2.05) is 42.5 Å². The summed E-state index contributed by atoms with van der Waals surface area (Å²) in [6.07, 6.45) is 9.75. The minimum atomic E-state index is -0.298. The quantitative estimate of drug-likeness (QED) is 0.416. The van der Waals surface area contributed by atoms with Crippen LogP contribution in [0.4, 0.5) is 0 Å². The fourth-order valence-corrected chi connectivity index (χ4v) is 6.67. The maximum Gasteiger partial charge on any atom is 0.343 e. The first-order valence-electron chi connectivity index (χ1n) is 10.8. The van der Waals surface area contributed by atoms with Crippen molar-refractivity contribution < 1.29 is 9.53 Å². The second-order valence-electron chi connectivity index (χ2n) is 9.53. The number of carbonyl (C=O) groups excluding carboxylic acids is 1. The predicted molar refractivity (Wildman–Crippen MR) is 113 cm³/mol. The monoisotopic (exact) mass is 383 g/mol. The molecule has 0 amide bonds. The van der Waals surface area contributed by atoms with Crippen molar-refractivity contribution >= 4 is 16.7 Å². The van der Waals surface area contributed by atoms with E-state index in [2.05, 4.69) is 6.07 Å². The first-order valence-corrected chi connectivity index (χ1v) is 10.8. The van der Waals surface area contributed by atoms with Gasteiger partial charge in [-0.05, 0) is 91.3 Å².